The molecule has 31 heavy (non-hydrogen) atoms. The van der Waals surface area contributed by atoms with Crippen LogP contribution in [0.25, 0.3) is 11.8 Å². The van der Waals surface area contributed by atoms with Crippen LogP contribution in [0, 0.1) is 27.7 Å². The number of carbonyl (C=O) groups is 3. The summed E-state index contributed by atoms with van der Waals surface area (Å²) in [6.45, 7) is 8.03. The number of hydrogen-bond acceptors (Lipinski definition) is 4. The van der Waals surface area contributed by atoms with Crippen LogP contribution >= 0.6 is 0 Å². The first-order valence-corrected chi connectivity index (χ1v) is 9.86. The summed E-state index contributed by atoms with van der Waals surface area (Å²) in [7, 11) is 0. The largest absolute Gasteiger partial charge is 0.335 e. The van der Waals surface area contributed by atoms with Crippen molar-refractivity contribution in [3.63, 3.8) is 0 Å². The lowest BCUT2D eigenvalue weighted by atomic mass is 10.1. The first kappa shape index (κ1) is 20.3. The van der Waals surface area contributed by atoms with E-state index in [-0.39, 0.29) is 5.57 Å². The highest BCUT2D eigenvalue weighted by molar-refractivity contribution is 6.39. The van der Waals surface area contributed by atoms with Crippen molar-refractivity contribution in [2.45, 2.75) is 27.7 Å². The molecule has 4 rings (SSSR count). The molecular formula is C24H22N4O3. The molecule has 0 spiro atoms. The molecule has 2 aromatic heterocycles. The Morgan fingerprint density at radius 1 is 0.871 bits per heavy atom. The molecule has 7 nitrogen and oxygen atoms in total. The molecule has 3 heterocycles. The standard InChI is InChI=1S/C24H22N4O3/c1-14-5-6-20(11-15(14)2)27-16(3)12-18(17(27)4)13-21-22(29)26-24(31)28(23(21)30)19-7-9-25-10-8-19/h5-13H,1-4H3,(H,26,29,31)/b21-13+. The molecule has 7 heteroatoms. The third-order valence-electron chi connectivity index (χ3n) is 5.54. The van der Waals surface area contributed by atoms with Gasteiger partial charge in [-0.1, -0.05) is 6.07 Å². The minimum atomic E-state index is -0.779. The average Bonchev–Trinajstić information content (AvgIpc) is 3.01. The zero-order valence-electron chi connectivity index (χ0n) is 17.8. The van der Waals surface area contributed by atoms with Crippen LogP contribution in [0.4, 0.5) is 10.5 Å². The van der Waals surface area contributed by atoms with Gasteiger partial charge in [-0.2, -0.15) is 0 Å². The number of urea groups is 1. The predicted molar refractivity (Wildman–Crippen MR) is 118 cm³/mol. The van der Waals surface area contributed by atoms with Crippen molar-refractivity contribution in [3.8, 4) is 5.69 Å². The topological polar surface area (TPSA) is 84.3 Å². The van der Waals surface area contributed by atoms with Gasteiger partial charge in [0.15, 0.2) is 0 Å². The number of anilines is 1. The molecule has 0 aliphatic carbocycles. The number of nitrogens with zero attached hydrogens (tertiary/aromatic N) is 3. The van der Waals surface area contributed by atoms with Gasteiger partial charge in [-0.3, -0.25) is 19.9 Å². The summed E-state index contributed by atoms with van der Waals surface area (Å²) in [5.41, 5.74) is 6.24. The SMILES string of the molecule is Cc1ccc(-n2c(C)cc(/C=C3\C(=O)NC(=O)N(c4ccncc4)C3=O)c2C)cc1C. The van der Waals surface area contributed by atoms with E-state index in [1.807, 2.05) is 26.0 Å². The van der Waals surface area contributed by atoms with Crippen molar-refractivity contribution >= 4 is 29.6 Å². The summed E-state index contributed by atoms with van der Waals surface area (Å²) in [4.78, 5) is 42.7. The number of nitrogens with one attached hydrogen (secondary N) is 1. The van der Waals surface area contributed by atoms with Gasteiger partial charge in [0.05, 0.1) is 5.69 Å². The zero-order valence-corrected chi connectivity index (χ0v) is 17.8. The van der Waals surface area contributed by atoms with E-state index in [0.29, 0.717) is 5.69 Å². The molecule has 0 atom stereocenters. The number of amides is 4. The van der Waals surface area contributed by atoms with Crippen LogP contribution in [0.2, 0.25) is 0 Å². The van der Waals surface area contributed by atoms with Gasteiger partial charge in [0.1, 0.15) is 5.57 Å². The molecule has 1 aliphatic rings. The van der Waals surface area contributed by atoms with Crippen molar-refractivity contribution in [2.75, 3.05) is 4.90 Å². The molecule has 3 aromatic rings. The lowest BCUT2D eigenvalue weighted by Crippen LogP contribution is -2.54. The fourth-order valence-corrected chi connectivity index (χ4v) is 3.74. The molecule has 4 amide bonds. The molecule has 1 aliphatic heterocycles. The van der Waals surface area contributed by atoms with Crippen molar-refractivity contribution in [1.29, 1.82) is 0 Å². The molecule has 0 radical (unpaired) electrons. The van der Waals surface area contributed by atoms with Crippen molar-refractivity contribution < 1.29 is 14.4 Å². The number of barbiturate groups is 1. The van der Waals surface area contributed by atoms with Gasteiger partial charge in [0, 0.05) is 29.5 Å². The van der Waals surface area contributed by atoms with Crippen LogP contribution in [0.3, 0.4) is 0 Å². The highest BCUT2D eigenvalue weighted by Crippen LogP contribution is 2.26. The van der Waals surface area contributed by atoms with Crippen molar-refractivity contribution in [2.24, 2.45) is 0 Å². The van der Waals surface area contributed by atoms with E-state index in [0.717, 1.165) is 27.5 Å². The van der Waals surface area contributed by atoms with E-state index in [9.17, 15) is 14.4 Å². The van der Waals surface area contributed by atoms with Crippen LogP contribution in [0.1, 0.15) is 28.1 Å². The Morgan fingerprint density at radius 3 is 2.26 bits per heavy atom. The lowest BCUT2D eigenvalue weighted by molar-refractivity contribution is -0.122. The molecule has 0 unspecified atom stereocenters. The minimum absolute atomic E-state index is 0.100. The minimum Gasteiger partial charge on any atom is -0.318 e. The fourth-order valence-electron chi connectivity index (χ4n) is 3.74. The Balaban J connectivity index is 1.77. The van der Waals surface area contributed by atoms with E-state index in [2.05, 4.69) is 40.8 Å². The maximum absolute atomic E-state index is 13.1. The van der Waals surface area contributed by atoms with Gasteiger partial charge in [0.2, 0.25) is 0 Å². The van der Waals surface area contributed by atoms with E-state index >= 15 is 0 Å². The average molecular weight is 414 g/mol. The number of rotatable bonds is 3. The molecule has 1 fully saturated rings. The first-order chi connectivity index (χ1) is 14.8. The van der Waals surface area contributed by atoms with Gasteiger partial charge in [-0.15, -0.1) is 0 Å². The summed E-state index contributed by atoms with van der Waals surface area (Å²) < 4.78 is 2.08. The summed E-state index contributed by atoms with van der Waals surface area (Å²) >= 11 is 0. The summed E-state index contributed by atoms with van der Waals surface area (Å²) in [6.07, 6.45) is 4.50. The van der Waals surface area contributed by atoms with Crippen LogP contribution in [-0.2, 0) is 9.59 Å². The van der Waals surface area contributed by atoms with Gasteiger partial charge in [-0.25, -0.2) is 9.69 Å². The molecule has 156 valence electrons. The molecular weight excluding hydrogens is 392 g/mol. The summed E-state index contributed by atoms with van der Waals surface area (Å²) in [6, 6.07) is 10.4. The number of imide groups is 2. The van der Waals surface area contributed by atoms with E-state index < -0.39 is 17.8 Å². The molecule has 1 aromatic carbocycles. The summed E-state index contributed by atoms with van der Waals surface area (Å²) in [5, 5.41) is 2.25. The lowest BCUT2D eigenvalue weighted by Gasteiger charge is -2.26. The normalized spacial score (nSPS) is 15.5. The van der Waals surface area contributed by atoms with Gasteiger partial charge < -0.3 is 4.57 Å². The number of hydrogen-bond donors (Lipinski definition) is 1. The smallest absolute Gasteiger partial charge is 0.318 e. The number of aromatic nitrogens is 2. The Hall–Kier alpha value is -4.00. The van der Waals surface area contributed by atoms with Gasteiger partial charge in [-0.05, 0) is 80.8 Å². The third-order valence-corrected chi connectivity index (χ3v) is 5.54. The van der Waals surface area contributed by atoms with E-state index in [1.54, 1.807) is 0 Å². The first-order valence-electron chi connectivity index (χ1n) is 9.86. The Labute approximate surface area is 180 Å². The van der Waals surface area contributed by atoms with Crippen molar-refractivity contribution in [3.05, 3.63) is 82.4 Å². The van der Waals surface area contributed by atoms with E-state index in [1.165, 1.54) is 41.7 Å². The highest BCUT2D eigenvalue weighted by atomic mass is 16.2. The second-order valence-electron chi connectivity index (χ2n) is 7.59. The van der Waals surface area contributed by atoms with Crippen LogP contribution in [0.5, 0.6) is 0 Å². The highest BCUT2D eigenvalue weighted by Gasteiger charge is 2.37. The number of pyridine rings is 1. The van der Waals surface area contributed by atoms with E-state index in [4.69, 9.17) is 0 Å². The second kappa shape index (κ2) is 7.68. The molecule has 1 saturated heterocycles. The van der Waals surface area contributed by atoms with Gasteiger partial charge >= 0.3 is 6.03 Å². The maximum atomic E-state index is 13.1. The zero-order chi connectivity index (χ0) is 22.3. The molecule has 1 N–H and O–H groups in total. The molecule has 0 bridgehead atoms. The fraction of sp³-hybridized carbons (Fsp3) is 0.167. The van der Waals surface area contributed by atoms with Crippen LogP contribution < -0.4 is 10.2 Å². The van der Waals surface area contributed by atoms with Crippen molar-refractivity contribution in [1.82, 2.24) is 14.9 Å². The number of benzene rings is 1. The van der Waals surface area contributed by atoms with Gasteiger partial charge in [0.25, 0.3) is 11.8 Å². The Morgan fingerprint density at radius 2 is 1.58 bits per heavy atom. The quantitative estimate of drug-likeness (QED) is 0.522. The third kappa shape index (κ3) is 3.54. The van der Waals surface area contributed by atoms with Crippen LogP contribution in [0.15, 0.2) is 54.4 Å². The summed E-state index contributed by atoms with van der Waals surface area (Å²) in [5.74, 6) is -1.38. The Kier molecular flexibility index (Phi) is 5.02. The number of carbonyl (C=O) groups excluding carboxylic acids is 3. The van der Waals surface area contributed by atoms with Crippen LogP contribution in [-0.4, -0.2) is 27.4 Å². The predicted octanol–water partition coefficient (Wildman–Crippen LogP) is 3.77. The number of aryl methyl sites for hydroxylation is 3. The second-order valence-corrected chi connectivity index (χ2v) is 7.59. The monoisotopic (exact) mass is 414 g/mol. The maximum Gasteiger partial charge on any atom is 0.335 e. The Bertz CT molecular complexity index is 1260. The molecule has 0 saturated carbocycles.